The van der Waals surface area contributed by atoms with E-state index in [-0.39, 0.29) is 18.1 Å². The highest BCUT2D eigenvalue weighted by atomic mass is 16.5. The standard InChI is InChI=1S/C16H25N3O3/c1-11(22-10-12-5-6-12)16(20)18-14-4-3-7-21-15(14)13-8-17-19(2)9-13/h8-9,11-12,14-15H,3-7,10H2,1-2H3,(H,18,20)/t11-,14-,15+/m0/s1. The molecule has 0 unspecified atom stereocenters. The molecule has 3 rings (SSSR count). The predicted molar refractivity (Wildman–Crippen MR) is 81.2 cm³/mol. The van der Waals surface area contributed by atoms with Crippen molar-refractivity contribution in [2.24, 2.45) is 13.0 Å². The molecule has 2 aliphatic rings. The predicted octanol–water partition coefficient (Wildman–Crippen LogP) is 1.57. The molecular formula is C16H25N3O3. The molecule has 6 nitrogen and oxygen atoms in total. The fourth-order valence-corrected chi connectivity index (χ4v) is 2.79. The van der Waals surface area contributed by atoms with Crippen LogP contribution < -0.4 is 5.32 Å². The average molecular weight is 307 g/mol. The van der Waals surface area contributed by atoms with Crippen molar-refractivity contribution in [3.8, 4) is 0 Å². The lowest BCUT2D eigenvalue weighted by atomic mass is 9.98. The first-order valence-electron chi connectivity index (χ1n) is 8.15. The van der Waals surface area contributed by atoms with Crippen LogP contribution in [0.3, 0.4) is 0 Å². The topological polar surface area (TPSA) is 65.4 Å². The summed E-state index contributed by atoms with van der Waals surface area (Å²) in [5.74, 6) is 0.612. The molecule has 3 atom stereocenters. The summed E-state index contributed by atoms with van der Waals surface area (Å²) in [6, 6.07) is -0.0163. The number of rotatable bonds is 6. The van der Waals surface area contributed by atoms with Gasteiger partial charge in [0.2, 0.25) is 5.91 Å². The van der Waals surface area contributed by atoms with Gasteiger partial charge >= 0.3 is 0 Å². The van der Waals surface area contributed by atoms with Gasteiger partial charge in [-0.3, -0.25) is 9.48 Å². The van der Waals surface area contributed by atoms with E-state index in [9.17, 15) is 4.79 Å². The van der Waals surface area contributed by atoms with Gasteiger partial charge in [0, 0.05) is 25.4 Å². The van der Waals surface area contributed by atoms with Gasteiger partial charge in [-0.15, -0.1) is 0 Å². The Labute approximate surface area is 131 Å². The molecule has 2 fully saturated rings. The van der Waals surface area contributed by atoms with Gasteiger partial charge in [0.25, 0.3) is 0 Å². The number of nitrogens with zero attached hydrogens (tertiary/aromatic N) is 2. The smallest absolute Gasteiger partial charge is 0.249 e. The highest BCUT2D eigenvalue weighted by Crippen LogP contribution is 2.30. The molecule has 1 amide bonds. The molecule has 6 heteroatoms. The maximum absolute atomic E-state index is 12.3. The van der Waals surface area contributed by atoms with E-state index >= 15 is 0 Å². The molecule has 1 aliphatic heterocycles. The lowest BCUT2D eigenvalue weighted by molar-refractivity contribution is -0.135. The van der Waals surface area contributed by atoms with Crippen LogP contribution >= 0.6 is 0 Å². The Morgan fingerprint density at radius 2 is 2.36 bits per heavy atom. The minimum Gasteiger partial charge on any atom is -0.371 e. The lowest BCUT2D eigenvalue weighted by Crippen LogP contribution is -2.46. The van der Waals surface area contributed by atoms with E-state index < -0.39 is 6.10 Å². The summed E-state index contributed by atoms with van der Waals surface area (Å²) in [6.45, 7) is 3.24. The first kappa shape index (κ1) is 15.5. The molecule has 122 valence electrons. The quantitative estimate of drug-likeness (QED) is 0.866. The maximum Gasteiger partial charge on any atom is 0.249 e. The normalized spacial score (nSPS) is 26.6. The summed E-state index contributed by atoms with van der Waals surface area (Å²) in [4.78, 5) is 12.3. The van der Waals surface area contributed by atoms with Crippen LogP contribution in [-0.2, 0) is 21.3 Å². The zero-order valence-corrected chi connectivity index (χ0v) is 13.3. The monoisotopic (exact) mass is 307 g/mol. The van der Waals surface area contributed by atoms with Crippen molar-refractivity contribution in [3.05, 3.63) is 18.0 Å². The summed E-state index contributed by atoms with van der Waals surface area (Å²) in [5, 5.41) is 7.29. The summed E-state index contributed by atoms with van der Waals surface area (Å²) >= 11 is 0. The second-order valence-electron chi connectivity index (χ2n) is 6.41. The van der Waals surface area contributed by atoms with Gasteiger partial charge in [-0.05, 0) is 38.5 Å². The van der Waals surface area contributed by atoms with Gasteiger partial charge in [0.05, 0.1) is 18.8 Å². The van der Waals surface area contributed by atoms with Crippen LogP contribution in [0, 0.1) is 5.92 Å². The van der Waals surface area contributed by atoms with E-state index in [0.717, 1.165) is 25.0 Å². The van der Waals surface area contributed by atoms with E-state index in [1.807, 2.05) is 26.4 Å². The molecule has 1 saturated carbocycles. The number of carbonyl (C=O) groups excluding carboxylic acids is 1. The van der Waals surface area contributed by atoms with E-state index in [1.54, 1.807) is 4.68 Å². The summed E-state index contributed by atoms with van der Waals surface area (Å²) < 4.78 is 13.3. The third kappa shape index (κ3) is 3.87. The third-order valence-corrected chi connectivity index (χ3v) is 4.35. The van der Waals surface area contributed by atoms with Gasteiger partial charge in [0.1, 0.15) is 12.2 Å². The fourth-order valence-electron chi connectivity index (χ4n) is 2.79. The Bertz CT molecular complexity index is 512. The highest BCUT2D eigenvalue weighted by Gasteiger charge is 2.31. The van der Waals surface area contributed by atoms with E-state index in [1.165, 1.54) is 12.8 Å². The second-order valence-corrected chi connectivity index (χ2v) is 6.41. The Kier molecular flexibility index (Phi) is 4.78. The molecule has 1 aliphatic carbocycles. The van der Waals surface area contributed by atoms with Gasteiger partial charge in [-0.25, -0.2) is 0 Å². The number of carbonyl (C=O) groups is 1. The SMILES string of the molecule is C[C@H](OCC1CC1)C(=O)N[C@H]1CCCO[C@@H]1c1cnn(C)c1. The number of hydrogen-bond acceptors (Lipinski definition) is 4. The van der Waals surface area contributed by atoms with Crippen LogP contribution in [0.2, 0.25) is 0 Å². The van der Waals surface area contributed by atoms with E-state index in [2.05, 4.69) is 10.4 Å². The first-order chi connectivity index (χ1) is 10.6. The van der Waals surface area contributed by atoms with Gasteiger partial charge in [-0.1, -0.05) is 0 Å². The van der Waals surface area contributed by atoms with Crippen molar-refractivity contribution in [3.63, 3.8) is 0 Å². The van der Waals surface area contributed by atoms with Crippen LogP contribution in [0.15, 0.2) is 12.4 Å². The van der Waals surface area contributed by atoms with Crippen molar-refractivity contribution in [1.29, 1.82) is 0 Å². The van der Waals surface area contributed by atoms with E-state index in [4.69, 9.17) is 9.47 Å². The number of aromatic nitrogens is 2. The molecular weight excluding hydrogens is 282 g/mol. The Morgan fingerprint density at radius 1 is 1.55 bits per heavy atom. The third-order valence-electron chi connectivity index (χ3n) is 4.35. The van der Waals surface area contributed by atoms with Crippen LogP contribution in [0.4, 0.5) is 0 Å². The van der Waals surface area contributed by atoms with Gasteiger partial charge in [-0.2, -0.15) is 5.10 Å². The zero-order chi connectivity index (χ0) is 15.5. The minimum atomic E-state index is -0.405. The number of amides is 1. The number of aryl methyl sites for hydroxylation is 1. The first-order valence-corrected chi connectivity index (χ1v) is 8.15. The fraction of sp³-hybridized carbons (Fsp3) is 0.750. The Balaban J connectivity index is 1.57. The summed E-state index contributed by atoms with van der Waals surface area (Å²) in [7, 11) is 1.88. The zero-order valence-electron chi connectivity index (χ0n) is 13.3. The van der Waals surface area contributed by atoms with Crippen LogP contribution in [0.1, 0.15) is 44.3 Å². The largest absolute Gasteiger partial charge is 0.371 e. The molecule has 1 N–H and O–H groups in total. The molecule has 2 heterocycles. The molecule has 0 bridgehead atoms. The second kappa shape index (κ2) is 6.79. The van der Waals surface area contributed by atoms with Crippen molar-refractivity contribution >= 4 is 5.91 Å². The van der Waals surface area contributed by atoms with Gasteiger partial charge < -0.3 is 14.8 Å². The average Bonchev–Trinajstić information content (AvgIpc) is 3.25. The molecule has 1 aromatic rings. The number of ether oxygens (including phenoxy) is 2. The van der Waals surface area contributed by atoms with Crippen LogP contribution in [0.5, 0.6) is 0 Å². The molecule has 0 spiro atoms. The van der Waals surface area contributed by atoms with Crippen molar-refractivity contribution in [2.75, 3.05) is 13.2 Å². The molecule has 0 aromatic carbocycles. The lowest BCUT2D eigenvalue weighted by Gasteiger charge is -2.32. The minimum absolute atomic E-state index is 0.0163. The van der Waals surface area contributed by atoms with Crippen molar-refractivity contribution < 1.29 is 14.3 Å². The molecule has 0 radical (unpaired) electrons. The highest BCUT2D eigenvalue weighted by molar-refractivity contribution is 5.80. The summed E-state index contributed by atoms with van der Waals surface area (Å²) in [6.07, 6.45) is 7.56. The van der Waals surface area contributed by atoms with Crippen LogP contribution in [0.25, 0.3) is 0 Å². The van der Waals surface area contributed by atoms with E-state index in [0.29, 0.717) is 12.5 Å². The Morgan fingerprint density at radius 3 is 3.05 bits per heavy atom. The van der Waals surface area contributed by atoms with Gasteiger partial charge in [0.15, 0.2) is 0 Å². The number of nitrogens with one attached hydrogen (secondary N) is 1. The van der Waals surface area contributed by atoms with Crippen molar-refractivity contribution in [2.45, 2.75) is 50.9 Å². The molecule has 22 heavy (non-hydrogen) atoms. The van der Waals surface area contributed by atoms with Crippen LogP contribution in [-0.4, -0.2) is 41.0 Å². The summed E-state index contributed by atoms with van der Waals surface area (Å²) in [5.41, 5.74) is 1.01. The maximum atomic E-state index is 12.3. The Hall–Kier alpha value is -1.40. The number of hydrogen-bond donors (Lipinski definition) is 1. The molecule has 1 aromatic heterocycles. The molecule has 1 saturated heterocycles. The van der Waals surface area contributed by atoms with Crippen molar-refractivity contribution in [1.82, 2.24) is 15.1 Å².